The van der Waals surface area contributed by atoms with Crippen molar-refractivity contribution < 1.29 is 13.2 Å². The molecule has 1 N–H and O–H groups in total. The first-order valence-corrected chi connectivity index (χ1v) is 7.23. The number of anilines is 2. The predicted molar refractivity (Wildman–Crippen MR) is 81.7 cm³/mol. The summed E-state index contributed by atoms with van der Waals surface area (Å²) in [6.45, 7) is 1.13. The van der Waals surface area contributed by atoms with E-state index in [4.69, 9.17) is 5.26 Å². The van der Waals surface area contributed by atoms with Gasteiger partial charge in [0, 0.05) is 25.2 Å². The van der Waals surface area contributed by atoms with E-state index in [9.17, 15) is 13.2 Å². The summed E-state index contributed by atoms with van der Waals surface area (Å²) < 4.78 is 40.0. The Hall–Kier alpha value is -2.68. The third-order valence-electron chi connectivity index (χ3n) is 3.90. The number of hydrogen-bond donors (Lipinski definition) is 1. The van der Waals surface area contributed by atoms with E-state index in [1.165, 1.54) is 30.3 Å². The molecule has 1 atom stereocenters. The van der Waals surface area contributed by atoms with Gasteiger partial charge in [-0.3, -0.25) is 0 Å². The monoisotopic (exact) mass is 317 g/mol. The van der Waals surface area contributed by atoms with E-state index in [1.807, 2.05) is 11.0 Å². The fraction of sp³-hybridized carbons (Fsp3) is 0.235. The first-order valence-electron chi connectivity index (χ1n) is 7.23. The maximum absolute atomic E-state index is 13.8. The molecule has 0 radical (unpaired) electrons. The number of nitriles is 1. The first-order chi connectivity index (χ1) is 11.1. The first kappa shape index (κ1) is 15.2. The van der Waals surface area contributed by atoms with Gasteiger partial charge in [-0.15, -0.1) is 0 Å². The second-order valence-electron chi connectivity index (χ2n) is 5.47. The van der Waals surface area contributed by atoms with Gasteiger partial charge in [-0.25, -0.2) is 13.2 Å². The Balaban J connectivity index is 1.72. The molecular formula is C17H14F3N3. The van der Waals surface area contributed by atoms with Gasteiger partial charge in [-0.2, -0.15) is 5.26 Å². The van der Waals surface area contributed by atoms with Gasteiger partial charge in [0.2, 0.25) is 0 Å². The molecule has 1 aliphatic rings. The van der Waals surface area contributed by atoms with Gasteiger partial charge in [0.1, 0.15) is 23.5 Å². The van der Waals surface area contributed by atoms with E-state index in [2.05, 4.69) is 5.32 Å². The van der Waals surface area contributed by atoms with Crippen molar-refractivity contribution in [3.63, 3.8) is 0 Å². The van der Waals surface area contributed by atoms with Crippen molar-refractivity contribution >= 4 is 11.4 Å². The zero-order chi connectivity index (χ0) is 16.4. The summed E-state index contributed by atoms with van der Waals surface area (Å²) in [7, 11) is 0. The fourth-order valence-corrected chi connectivity index (χ4v) is 2.79. The summed E-state index contributed by atoms with van der Waals surface area (Å²) in [6, 6.07) is 9.45. The largest absolute Gasteiger partial charge is 0.379 e. The highest BCUT2D eigenvalue weighted by Crippen LogP contribution is 2.26. The summed E-state index contributed by atoms with van der Waals surface area (Å²) >= 11 is 0. The number of rotatable bonds is 3. The lowest BCUT2D eigenvalue weighted by Gasteiger charge is -2.20. The molecule has 6 heteroatoms. The van der Waals surface area contributed by atoms with Gasteiger partial charge < -0.3 is 10.2 Å². The van der Waals surface area contributed by atoms with Gasteiger partial charge in [0.25, 0.3) is 0 Å². The van der Waals surface area contributed by atoms with Crippen LogP contribution in [0.2, 0.25) is 0 Å². The van der Waals surface area contributed by atoms with E-state index in [0.717, 1.165) is 12.5 Å². The number of benzene rings is 2. The van der Waals surface area contributed by atoms with Crippen molar-refractivity contribution in [3.8, 4) is 6.07 Å². The highest BCUT2D eigenvalue weighted by Gasteiger charge is 2.25. The van der Waals surface area contributed by atoms with Crippen molar-refractivity contribution in [3.05, 3.63) is 59.4 Å². The zero-order valence-corrected chi connectivity index (χ0v) is 12.2. The second kappa shape index (κ2) is 6.21. The minimum absolute atomic E-state index is 0.00276. The van der Waals surface area contributed by atoms with Crippen molar-refractivity contribution in [1.29, 1.82) is 5.26 Å². The van der Waals surface area contributed by atoms with Crippen LogP contribution in [-0.2, 0) is 0 Å². The minimum Gasteiger partial charge on any atom is -0.379 e. The molecule has 3 nitrogen and oxygen atoms in total. The molecule has 0 spiro atoms. The molecule has 1 aliphatic heterocycles. The lowest BCUT2D eigenvalue weighted by atomic mass is 10.1. The maximum Gasteiger partial charge on any atom is 0.149 e. The smallest absolute Gasteiger partial charge is 0.149 e. The van der Waals surface area contributed by atoms with Gasteiger partial charge in [0.15, 0.2) is 0 Å². The van der Waals surface area contributed by atoms with Crippen LogP contribution in [0, 0.1) is 28.8 Å². The summed E-state index contributed by atoms with van der Waals surface area (Å²) in [5.41, 5.74) is 1.15. The van der Waals surface area contributed by atoms with Crippen LogP contribution in [0.3, 0.4) is 0 Å². The normalized spacial score (nSPS) is 17.1. The molecule has 0 bridgehead atoms. The van der Waals surface area contributed by atoms with E-state index < -0.39 is 17.5 Å². The number of hydrogen-bond acceptors (Lipinski definition) is 3. The molecule has 2 aromatic carbocycles. The fourth-order valence-electron chi connectivity index (χ4n) is 2.79. The molecule has 2 aromatic rings. The van der Waals surface area contributed by atoms with Crippen LogP contribution < -0.4 is 10.2 Å². The predicted octanol–water partition coefficient (Wildman–Crippen LogP) is 3.67. The van der Waals surface area contributed by atoms with Crippen molar-refractivity contribution in [2.45, 2.75) is 12.5 Å². The quantitative estimate of drug-likeness (QED) is 0.939. The van der Waals surface area contributed by atoms with E-state index >= 15 is 0 Å². The van der Waals surface area contributed by atoms with Crippen LogP contribution in [0.15, 0.2) is 36.4 Å². The molecule has 0 aliphatic carbocycles. The molecule has 23 heavy (non-hydrogen) atoms. The topological polar surface area (TPSA) is 39.1 Å². The van der Waals surface area contributed by atoms with Gasteiger partial charge in [-0.1, -0.05) is 0 Å². The van der Waals surface area contributed by atoms with Crippen molar-refractivity contribution in [2.24, 2.45) is 0 Å². The molecular weight excluding hydrogens is 303 g/mol. The molecule has 0 saturated carbocycles. The minimum atomic E-state index is -0.606. The van der Waals surface area contributed by atoms with Gasteiger partial charge in [0.05, 0.1) is 16.9 Å². The van der Waals surface area contributed by atoms with Crippen molar-refractivity contribution in [1.82, 2.24) is 0 Å². The zero-order valence-electron chi connectivity index (χ0n) is 12.2. The number of nitrogens with zero attached hydrogens (tertiary/aromatic N) is 2. The Bertz CT molecular complexity index is 770. The molecule has 0 aromatic heterocycles. The van der Waals surface area contributed by atoms with Crippen LogP contribution in [-0.4, -0.2) is 19.1 Å². The van der Waals surface area contributed by atoms with Crippen molar-refractivity contribution in [2.75, 3.05) is 23.3 Å². The Morgan fingerprint density at radius 2 is 1.83 bits per heavy atom. The number of halogens is 3. The van der Waals surface area contributed by atoms with Crippen LogP contribution in [0.4, 0.5) is 24.5 Å². The maximum atomic E-state index is 13.8. The summed E-state index contributed by atoms with van der Waals surface area (Å²) in [5, 5.41) is 12.2. The Morgan fingerprint density at radius 1 is 1.09 bits per heavy atom. The van der Waals surface area contributed by atoms with E-state index in [-0.39, 0.29) is 11.6 Å². The summed E-state index contributed by atoms with van der Waals surface area (Å²) in [6.07, 6.45) is 0.735. The summed E-state index contributed by atoms with van der Waals surface area (Å²) in [4.78, 5) is 1.82. The highest BCUT2D eigenvalue weighted by molar-refractivity contribution is 5.59. The average molecular weight is 317 g/mol. The number of nitrogens with one attached hydrogen (secondary N) is 1. The third-order valence-corrected chi connectivity index (χ3v) is 3.90. The molecule has 1 saturated heterocycles. The van der Waals surface area contributed by atoms with E-state index in [1.54, 1.807) is 0 Å². The van der Waals surface area contributed by atoms with Crippen LogP contribution in [0.5, 0.6) is 0 Å². The van der Waals surface area contributed by atoms with E-state index in [0.29, 0.717) is 24.5 Å². The third kappa shape index (κ3) is 3.24. The van der Waals surface area contributed by atoms with Crippen LogP contribution in [0.1, 0.15) is 12.0 Å². The Morgan fingerprint density at radius 3 is 2.57 bits per heavy atom. The second-order valence-corrected chi connectivity index (χ2v) is 5.47. The summed E-state index contributed by atoms with van der Waals surface area (Å²) in [5.74, 6) is -1.66. The molecule has 3 rings (SSSR count). The lowest BCUT2D eigenvalue weighted by molar-refractivity contribution is 0.581. The Kier molecular flexibility index (Phi) is 4.11. The van der Waals surface area contributed by atoms with Gasteiger partial charge >= 0.3 is 0 Å². The van der Waals surface area contributed by atoms with Crippen LogP contribution in [0.25, 0.3) is 0 Å². The standard InChI is InChI=1S/C17H14F3N3/c18-12-1-3-16(11(7-12)9-21)22-14-5-6-23(10-14)17-4-2-13(19)8-15(17)20/h1-4,7-8,14,22H,5-6,10H2. The molecule has 1 heterocycles. The van der Waals surface area contributed by atoms with Crippen LogP contribution >= 0.6 is 0 Å². The Labute approximate surface area is 132 Å². The molecule has 1 unspecified atom stereocenters. The highest BCUT2D eigenvalue weighted by atomic mass is 19.1. The lowest BCUT2D eigenvalue weighted by Crippen LogP contribution is -2.26. The molecule has 1 fully saturated rings. The molecule has 0 amide bonds. The van der Waals surface area contributed by atoms with Gasteiger partial charge in [-0.05, 0) is 36.8 Å². The average Bonchev–Trinajstić information content (AvgIpc) is 2.97. The molecule has 118 valence electrons. The SMILES string of the molecule is N#Cc1cc(F)ccc1NC1CCN(c2ccc(F)cc2F)C1.